The van der Waals surface area contributed by atoms with Gasteiger partial charge in [0.2, 0.25) is 0 Å². The summed E-state index contributed by atoms with van der Waals surface area (Å²) in [5, 5.41) is 9.41. The highest BCUT2D eigenvalue weighted by molar-refractivity contribution is 4.93. The summed E-state index contributed by atoms with van der Waals surface area (Å²) in [5.74, 6) is 0. The fourth-order valence-electron chi connectivity index (χ4n) is 3.37. The Bertz CT molecular complexity index is 245. The minimum absolute atomic E-state index is 0.162. The van der Waals surface area contributed by atoms with Gasteiger partial charge in [0.1, 0.15) is 0 Å². The number of hydrogen-bond acceptors (Lipinski definition) is 3. The Kier molecular flexibility index (Phi) is 4.11. The molecule has 0 amide bonds. The van der Waals surface area contributed by atoms with Crippen molar-refractivity contribution in [2.45, 2.75) is 70.0 Å². The van der Waals surface area contributed by atoms with E-state index in [2.05, 4.69) is 6.92 Å². The molecule has 0 aromatic heterocycles. The third-order valence-electron chi connectivity index (χ3n) is 4.70. The molecule has 2 rings (SSSR count). The van der Waals surface area contributed by atoms with Crippen LogP contribution in [0.2, 0.25) is 0 Å². The molecule has 0 radical (unpaired) electrons. The van der Waals surface area contributed by atoms with Gasteiger partial charge in [-0.2, -0.15) is 0 Å². The number of hydrogen-bond donors (Lipinski definition) is 2. The minimum Gasteiger partial charge on any atom is -0.396 e. The molecule has 0 bridgehead atoms. The van der Waals surface area contributed by atoms with Crippen molar-refractivity contribution in [2.24, 2.45) is 11.1 Å². The van der Waals surface area contributed by atoms with Gasteiger partial charge in [-0.05, 0) is 38.6 Å². The summed E-state index contributed by atoms with van der Waals surface area (Å²) in [4.78, 5) is 0. The van der Waals surface area contributed by atoms with Gasteiger partial charge in [0.05, 0.1) is 11.7 Å². The molecule has 2 aliphatic rings. The molecule has 3 heteroatoms. The predicted octanol–water partition coefficient (Wildman–Crippen LogP) is 2.22. The molecule has 3 N–H and O–H groups in total. The smallest absolute Gasteiger partial charge is 0.0687 e. The standard InChI is InChI=1S/C14H27NO2/c1-13(10-15,11-16)9-12-5-8-14(17-12)6-3-2-4-7-14/h12,16H,2-11,15H2,1H3. The van der Waals surface area contributed by atoms with Gasteiger partial charge in [0, 0.05) is 12.0 Å². The van der Waals surface area contributed by atoms with Gasteiger partial charge in [0.25, 0.3) is 0 Å². The molecular formula is C14H27NO2. The number of ether oxygens (including phenoxy) is 1. The number of aliphatic hydroxyl groups is 1. The molecule has 17 heavy (non-hydrogen) atoms. The van der Waals surface area contributed by atoms with Crippen LogP contribution in [0.5, 0.6) is 0 Å². The van der Waals surface area contributed by atoms with Crippen LogP contribution in [0.4, 0.5) is 0 Å². The molecule has 2 unspecified atom stereocenters. The van der Waals surface area contributed by atoms with Crippen LogP contribution < -0.4 is 5.73 Å². The summed E-state index contributed by atoms with van der Waals surface area (Å²) in [5.41, 5.74) is 5.78. The Morgan fingerprint density at radius 1 is 1.29 bits per heavy atom. The van der Waals surface area contributed by atoms with Crippen LogP contribution in [0.1, 0.15) is 58.3 Å². The highest BCUT2D eigenvalue weighted by atomic mass is 16.5. The second kappa shape index (κ2) is 5.25. The Labute approximate surface area is 105 Å². The fraction of sp³-hybridized carbons (Fsp3) is 1.00. The second-order valence-corrected chi connectivity index (χ2v) is 6.40. The van der Waals surface area contributed by atoms with Crippen molar-refractivity contribution >= 4 is 0 Å². The first-order chi connectivity index (χ1) is 8.11. The molecule has 1 heterocycles. The lowest BCUT2D eigenvalue weighted by molar-refractivity contribution is -0.0787. The lowest BCUT2D eigenvalue weighted by Crippen LogP contribution is -2.37. The lowest BCUT2D eigenvalue weighted by Gasteiger charge is -2.35. The molecule has 0 aromatic carbocycles. The van der Waals surface area contributed by atoms with Gasteiger partial charge in [-0.1, -0.05) is 26.2 Å². The number of nitrogens with two attached hydrogens (primary N) is 1. The summed E-state index contributed by atoms with van der Waals surface area (Å²) in [6, 6.07) is 0. The van der Waals surface area contributed by atoms with Crippen molar-refractivity contribution in [1.29, 1.82) is 0 Å². The summed E-state index contributed by atoms with van der Waals surface area (Å²) >= 11 is 0. The zero-order valence-corrected chi connectivity index (χ0v) is 11.1. The van der Waals surface area contributed by atoms with E-state index in [4.69, 9.17) is 10.5 Å². The van der Waals surface area contributed by atoms with E-state index in [0.717, 1.165) is 12.8 Å². The third-order valence-corrected chi connectivity index (χ3v) is 4.70. The van der Waals surface area contributed by atoms with Crippen molar-refractivity contribution in [1.82, 2.24) is 0 Å². The van der Waals surface area contributed by atoms with Gasteiger partial charge < -0.3 is 15.6 Å². The summed E-state index contributed by atoms with van der Waals surface area (Å²) in [6.45, 7) is 2.76. The van der Waals surface area contributed by atoms with Gasteiger partial charge >= 0.3 is 0 Å². The van der Waals surface area contributed by atoms with Crippen LogP contribution in [-0.2, 0) is 4.74 Å². The van der Waals surface area contributed by atoms with Crippen molar-refractivity contribution < 1.29 is 9.84 Å². The van der Waals surface area contributed by atoms with Gasteiger partial charge in [-0.15, -0.1) is 0 Å². The first-order valence-corrected chi connectivity index (χ1v) is 7.10. The average molecular weight is 241 g/mol. The maximum absolute atomic E-state index is 9.41. The molecule has 1 saturated carbocycles. The normalized spacial score (nSPS) is 31.6. The molecule has 3 nitrogen and oxygen atoms in total. The number of rotatable bonds is 4. The highest BCUT2D eigenvalue weighted by Gasteiger charge is 2.42. The number of aliphatic hydroxyl groups excluding tert-OH is 1. The van der Waals surface area contributed by atoms with Crippen LogP contribution in [0.25, 0.3) is 0 Å². The Morgan fingerprint density at radius 3 is 2.59 bits per heavy atom. The minimum atomic E-state index is -0.162. The van der Waals surface area contributed by atoms with Crippen LogP contribution in [-0.4, -0.2) is 30.0 Å². The van der Waals surface area contributed by atoms with E-state index in [0.29, 0.717) is 12.6 Å². The zero-order chi connectivity index (χ0) is 12.4. The van der Waals surface area contributed by atoms with Crippen molar-refractivity contribution in [3.05, 3.63) is 0 Å². The van der Waals surface area contributed by atoms with Crippen LogP contribution in [0.3, 0.4) is 0 Å². The van der Waals surface area contributed by atoms with E-state index < -0.39 is 0 Å². The van der Waals surface area contributed by atoms with E-state index >= 15 is 0 Å². The second-order valence-electron chi connectivity index (χ2n) is 6.40. The van der Waals surface area contributed by atoms with E-state index in [1.165, 1.54) is 38.5 Å². The van der Waals surface area contributed by atoms with Crippen LogP contribution in [0, 0.1) is 5.41 Å². The molecule has 1 aliphatic carbocycles. The maximum Gasteiger partial charge on any atom is 0.0687 e. The lowest BCUT2D eigenvalue weighted by atomic mass is 9.82. The van der Waals surface area contributed by atoms with Gasteiger partial charge in [-0.3, -0.25) is 0 Å². The molecule has 0 aromatic rings. The topological polar surface area (TPSA) is 55.5 Å². The van der Waals surface area contributed by atoms with Crippen molar-refractivity contribution in [3.8, 4) is 0 Å². The molecule has 100 valence electrons. The SMILES string of the molecule is CC(CN)(CO)CC1CCC2(CCCCC2)O1. The maximum atomic E-state index is 9.41. The molecule has 1 saturated heterocycles. The van der Waals surface area contributed by atoms with E-state index in [-0.39, 0.29) is 17.6 Å². The quantitative estimate of drug-likeness (QED) is 0.793. The summed E-state index contributed by atoms with van der Waals surface area (Å²) in [6.07, 6.45) is 10.1. The molecule has 1 spiro atoms. The first-order valence-electron chi connectivity index (χ1n) is 7.10. The zero-order valence-electron chi connectivity index (χ0n) is 11.1. The third kappa shape index (κ3) is 3.01. The average Bonchev–Trinajstić information content (AvgIpc) is 2.72. The Hall–Kier alpha value is -0.120. The van der Waals surface area contributed by atoms with Gasteiger partial charge in [-0.25, -0.2) is 0 Å². The highest BCUT2D eigenvalue weighted by Crippen LogP contribution is 2.44. The van der Waals surface area contributed by atoms with E-state index in [1.54, 1.807) is 0 Å². The Morgan fingerprint density at radius 2 is 2.00 bits per heavy atom. The predicted molar refractivity (Wildman–Crippen MR) is 68.8 cm³/mol. The molecular weight excluding hydrogens is 214 g/mol. The summed E-state index contributed by atoms with van der Waals surface area (Å²) < 4.78 is 6.32. The van der Waals surface area contributed by atoms with E-state index in [1.807, 2.05) is 0 Å². The molecule has 1 aliphatic heterocycles. The van der Waals surface area contributed by atoms with E-state index in [9.17, 15) is 5.11 Å². The largest absolute Gasteiger partial charge is 0.396 e. The van der Waals surface area contributed by atoms with Gasteiger partial charge in [0.15, 0.2) is 0 Å². The molecule has 2 atom stereocenters. The first kappa shape index (κ1) is 13.3. The molecule has 2 fully saturated rings. The fourth-order valence-corrected chi connectivity index (χ4v) is 3.37. The summed E-state index contributed by atoms with van der Waals surface area (Å²) in [7, 11) is 0. The van der Waals surface area contributed by atoms with Crippen LogP contribution in [0.15, 0.2) is 0 Å². The monoisotopic (exact) mass is 241 g/mol. The Balaban J connectivity index is 1.89. The van der Waals surface area contributed by atoms with Crippen molar-refractivity contribution in [2.75, 3.05) is 13.2 Å². The van der Waals surface area contributed by atoms with Crippen LogP contribution >= 0.6 is 0 Å². The van der Waals surface area contributed by atoms with Crippen molar-refractivity contribution in [3.63, 3.8) is 0 Å².